The first-order chi connectivity index (χ1) is 18.4. The zero-order valence-electron chi connectivity index (χ0n) is 20.7. The van der Waals surface area contributed by atoms with Gasteiger partial charge >= 0.3 is 12.0 Å². The second-order valence-electron chi connectivity index (χ2n) is 8.54. The number of carboxylic acid groups (broad SMARTS) is 1. The summed E-state index contributed by atoms with van der Waals surface area (Å²) in [6.07, 6.45) is 1.55. The molecule has 0 saturated carbocycles. The highest BCUT2D eigenvalue weighted by molar-refractivity contribution is 7.14. The van der Waals surface area contributed by atoms with E-state index in [4.69, 9.17) is 5.73 Å². The Kier molecular flexibility index (Phi) is 8.44. The third-order valence-electron chi connectivity index (χ3n) is 5.85. The maximum atomic E-state index is 13.8. The molecule has 11 nitrogen and oxygen atoms in total. The second-order valence-corrected chi connectivity index (χ2v) is 9.43. The van der Waals surface area contributed by atoms with Crippen molar-refractivity contribution < 1.29 is 19.5 Å². The Balaban J connectivity index is 1.71. The van der Waals surface area contributed by atoms with Crippen LogP contribution in [0.15, 0.2) is 60.0 Å². The number of aromatic amines is 1. The number of benzene rings is 2. The van der Waals surface area contributed by atoms with Gasteiger partial charge in [0.1, 0.15) is 11.5 Å². The molecule has 4 rings (SSSR count). The zero-order chi connectivity index (χ0) is 27.1. The fraction of sp³-hybridized carbons (Fsp3) is 0.231. The average molecular weight is 534 g/mol. The molecule has 0 aliphatic carbocycles. The van der Waals surface area contributed by atoms with Crippen molar-refractivity contribution in [3.63, 3.8) is 0 Å². The van der Waals surface area contributed by atoms with Crippen LogP contribution in [0.4, 0.5) is 9.80 Å². The van der Waals surface area contributed by atoms with Crippen LogP contribution in [0.25, 0.3) is 22.5 Å². The number of primary amides is 1. The normalized spacial score (nSPS) is 10.8. The lowest BCUT2D eigenvalue weighted by Gasteiger charge is -2.30. The van der Waals surface area contributed by atoms with Gasteiger partial charge in [0.2, 0.25) is 11.7 Å². The van der Waals surface area contributed by atoms with E-state index in [0.717, 1.165) is 44.9 Å². The van der Waals surface area contributed by atoms with Crippen LogP contribution in [0.5, 0.6) is 0 Å². The molecule has 4 N–H and O–H groups in total. The van der Waals surface area contributed by atoms with E-state index in [1.54, 1.807) is 10.3 Å². The molecular weight excluding hydrogens is 506 g/mol. The topological polar surface area (TPSA) is 158 Å². The SMILES string of the molecule is CCCCN(Cc1ccc(-c2ccccc2)c(-c2nn[nH]n2)c1)C(=O)N(CC(N)=O)c1sccc1C(=O)O. The number of carbonyl (C=O) groups is 3. The standard InChI is InChI=1S/C26H27N7O4S/c1-2-3-12-32(26(37)33(16-22(27)34)24-20(25(35)36)11-13-38-24)15-17-9-10-19(18-7-5-4-6-8-18)21(14-17)23-28-30-31-29-23/h4-11,13-14H,2-3,12,15-16H2,1H3,(H2,27,34)(H,35,36)(H,28,29,30,31). The Morgan fingerprint density at radius 2 is 1.87 bits per heavy atom. The van der Waals surface area contributed by atoms with Crippen LogP contribution in [0.3, 0.4) is 0 Å². The number of nitrogens with two attached hydrogens (primary N) is 1. The van der Waals surface area contributed by atoms with Gasteiger partial charge in [0.15, 0.2) is 0 Å². The summed E-state index contributed by atoms with van der Waals surface area (Å²) < 4.78 is 0. The number of urea groups is 1. The molecule has 2 aromatic carbocycles. The number of aromatic nitrogens is 4. The van der Waals surface area contributed by atoms with Crippen LogP contribution in [0, 0.1) is 0 Å². The highest BCUT2D eigenvalue weighted by atomic mass is 32.1. The van der Waals surface area contributed by atoms with E-state index in [1.807, 2.05) is 55.5 Å². The summed E-state index contributed by atoms with van der Waals surface area (Å²) in [4.78, 5) is 40.1. The maximum Gasteiger partial charge on any atom is 0.338 e. The molecule has 0 radical (unpaired) electrons. The second kappa shape index (κ2) is 12.1. The number of unbranched alkanes of at least 4 members (excludes halogenated alkanes) is 1. The molecule has 0 atom stereocenters. The van der Waals surface area contributed by atoms with Gasteiger partial charge in [-0.15, -0.1) is 21.5 Å². The van der Waals surface area contributed by atoms with Gasteiger partial charge in [-0.2, -0.15) is 5.21 Å². The predicted octanol–water partition coefficient (Wildman–Crippen LogP) is 4.01. The van der Waals surface area contributed by atoms with Gasteiger partial charge in [0.25, 0.3) is 0 Å². The number of tetrazole rings is 1. The van der Waals surface area contributed by atoms with E-state index in [-0.39, 0.29) is 17.1 Å². The van der Waals surface area contributed by atoms with Gasteiger partial charge in [-0.05, 0) is 45.8 Å². The minimum atomic E-state index is -1.19. The van der Waals surface area contributed by atoms with Crippen LogP contribution < -0.4 is 10.6 Å². The van der Waals surface area contributed by atoms with Gasteiger partial charge in [-0.25, -0.2) is 9.59 Å². The van der Waals surface area contributed by atoms with Crippen molar-refractivity contribution in [1.82, 2.24) is 25.5 Å². The number of nitrogens with zero attached hydrogens (tertiary/aromatic N) is 5. The predicted molar refractivity (Wildman–Crippen MR) is 144 cm³/mol. The first-order valence-electron chi connectivity index (χ1n) is 12.0. The van der Waals surface area contributed by atoms with Crippen molar-refractivity contribution in [2.45, 2.75) is 26.3 Å². The summed E-state index contributed by atoms with van der Waals surface area (Å²) in [6.45, 7) is 2.18. The summed E-state index contributed by atoms with van der Waals surface area (Å²) >= 11 is 1.07. The molecule has 2 heterocycles. The largest absolute Gasteiger partial charge is 0.478 e. The fourth-order valence-electron chi connectivity index (χ4n) is 4.06. The fourth-order valence-corrected chi connectivity index (χ4v) is 4.94. The van der Waals surface area contributed by atoms with Crippen LogP contribution in [0.2, 0.25) is 0 Å². The van der Waals surface area contributed by atoms with E-state index in [2.05, 4.69) is 20.6 Å². The van der Waals surface area contributed by atoms with Crippen molar-refractivity contribution in [3.8, 4) is 22.5 Å². The monoisotopic (exact) mass is 533 g/mol. The highest BCUT2D eigenvalue weighted by Crippen LogP contribution is 2.32. The Labute approximate surface area is 222 Å². The molecule has 2 aromatic heterocycles. The quantitative estimate of drug-likeness (QED) is 0.263. The Bertz CT molecular complexity index is 1410. The summed E-state index contributed by atoms with van der Waals surface area (Å²) in [5.74, 6) is -1.52. The van der Waals surface area contributed by atoms with Gasteiger partial charge < -0.3 is 15.7 Å². The lowest BCUT2D eigenvalue weighted by Crippen LogP contribution is -2.47. The highest BCUT2D eigenvalue weighted by Gasteiger charge is 2.28. The van der Waals surface area contributed by atoms with Crippen LogP contribution >= 0.6 is 11.3 Å². The Hall–Kier alpha value is -4.58. The molecule has 196 valence electrons. The summed E-state index contributed by atoms with van der Waals surface area (Å²) in [5.41, 5.74) is 8.81. The number of aromatic carboxylic acids is 1. The average Bonchev–Trinajstić information content (AvgIpc) is 3.62. The molecule has 0 aliphatic rings. The number of amides is 3. The van der Waals surface area contributed by atoms with E-state index in [9.17, 15) is 19.5 Å². The number of thiophene rings is 1. The van der Waals surface area contributed by atoms with E-state index < -0.39 is 24.5 Å². The molecule has 0 saturated heterocycles. The van der Waals surface area contributed by atoms with Crippen molar-refractivity contribution >= 4 is 34.2 Å². The molecule has 0 fully saturated rings. The maximum absolute atomic E-state index is 13.8. The number of carbonyl (C=O) groups excluding carboxylic acids is 2. The van der Waals surface area contributed by atoms with E-state index in [0.29, 0.717) is 18.8 Å². The number of anilines is 1. The molecule has 12 heteroatoms. The molecule has 0 aliphatic heterocycles. The van der Waals surface area contributed by atoms with Crippen molar-refractivity contribution in [2.75, 3.05) is 18.0 Å². The Morgan fingerprint density at radius 3 is 2.53 bits per heavy atom. The lowest BCUT2D eigenvalue weighted by molar-refractivity contribution is -0.116. The number of hydrogen-bond donors (Lipinski definition) is 3. The molecule has 0 bridgehead atoms. The molecule has 4 aromatic rings. The van der Waals surface area contributed by atoms with Gasteiger partial charge in [0.05, 0.1) is 5.56 Å². The molecule has 38 heavy (non-hydrogen) atoms. The smallest absolute Gasteiger partial charge is 0.338 e. The van der Waals surface area contributed by atoms with Crippen LogP contribution in [-0.2, 0) is 11.3 Å². The lowest BCUT2D eigenvalue weighted by atomic mass is 9.97. The first kappa shape index (κ1) is 26.5. The number of rotatable bonds is 11. The minimum absolute atomic E-state index is 0.0633. The molecule has 3 amide bonds. The summed E-state index contributed by atoms with van der Waals surface area (Å²) in [6, 6.07) is 16.5. The minimum Gasteiger partial charge on any atom is -0.478 e. The van der Waals surface area contributed by atoms with Gasteiger partial charge in [-0.3, -0.25) is 9.69 Å². The summed E-state index contributed by atoms with van der Waals surface area (Å²) in [7, 11) is 0. The van der Waals surface area contributed by atoms with Crippen LogP contribution in [0.1, 0.15) is 35.7 Å². The van der Waals surface area contributed by atoms with Crippen LogP contribution in [-0.4, -0.2) is 61.6 Å². The summed E-state index contributed by atoms with van der Waals surface area (Å²) in [5, 5.41) is 25.8. The zero-order valence-corrected chi connectivity index (χ0v) is 21.5. The third kappa shape index (κ3) is 6.03. The van der Waals surface area contributed by atoms with Gasteiger partial charge in [-0.1, -0.05) is 55.8 Å². The number of nitrogens with one attached hydrogen (secondary N) is 1. The van der Waals surface area contributed by atoms with Crippen molar-refractivity contribution in [3.05, 3.63) is 71.1 Å². The van der Waals surface area contributed by atoms with Crippen molar-refractivity contribution in [2.24, 2.45) is 5.73 Å². The third-order valence-corrected chi connectivity index (χ3v) is 6.78. The van der Waals surface area contributed by atoms with E-state index in [1.165, 1.54) is 6.07 Å². The molecule has 0 spiro atoms. The Morgan fingerprint density at radius 1 is 1.08 bits per heavy atom. The van der Waals surface area contributed by atoms with Crippen molar-refractivity contribution in [1.29, 1.82) is 0 Å². The number of H-pyrrole nitrogens is 1. The molecule has 0 unspecified atom stereocenters. The molecular formula is C26H27N7O4S. The van der Waals surface area contributed by atoms with E-state index >= 15 is 0 Å². The number of carboxylic acids is 1. The number of hydrogen-bond acceptors (Lipinski definition) is 7. The van der Waals surface area contributed by atoms with Gasteiger partial charge in [0, 0.05) is 18.7 Å². The first-order valence-corrected chi connectivity index (χ1v) is 12.8.